The van der Waals surface area contributed by atoms with Crippen molar-refractivity contribution >= 4 is 34.7 Å². The smallest absolute Gasteiger partial charge is 0.0567 e. The van der Waals surface area contributed by atoms with Crippen molar-refractivity contribution in [3.8, 4) is 0 Å². The molecular formula is C20H25ClN2S. The third-order valence-electron chi connectivity index (χ3n) is 4.59. The molecule has 0 radical (unpaired) electrons. The summed E-state index contributed by atoms with van der Waals surface area (Å²) in [6.07, 6.45) is 2.41. The molecule has 0 aromatic heterocycles. The van der Waals surface area contributed by atoms with Crippen LogP contribution in [0.4, 0.5) is 11.4 Å². The van der Waals surface area contributed by atoms with E-state index in [2.05, 4.69) is 60.0 Å². The number of hydrogen-bond donors (Lipinski definition) is 0. The SMILES string of the molecule is CCN(CC)CCCCN1c2ccccc2Sc2ccc(Cl)cc21. The highest BCUT2D eigenvalue weighted by atomic mass is 35.5. The van der Waals surface area contributed by atoms with Crippen molar-refractivity contribution in [2.45, 2.75) is 36.5 Å². The zero-order valence-corrected chi connectivity index (χ0v) is 16.0. The van der Waals surface area contributed by atoms with Crippen LogP contribution in [-0.2, 0) is 0 Å². The molecule has 0 amide bonds. The van der Waals surface area contributed by atoms with Crippen LogP contribution >= 0.6 is 23.4 Å². The summed E-state index contributed by atoms with van der Waals surface area (Å²) in [5.74, 6) is 0. The highest BCUT2D eigenvalue weighted by molar-refractivity contribution is 7.99. The quantitative estimate of drug-likeness (QED) is 0.553. The molecule has 4 heteroatoms. The Labute approximate surface area is 154 Å². The Morgan fingerprint density at radius 3 is 2.50 bits per heavy atom. The number of para-hydroxylation sites is 1. The minimum atomic E-state index is 0.807. The first-order chi connectivity index (χ1) is 11.7. The van der Waals surface area contributed by atoms with Crippen LogP contribution < -0.4 is 4.90 Å². The van der Waals surface area contributed by atoms with Crippen LogP contribution in [0.1, 0.15) is 26.7 Å². The van der Waals surface area contributed by atoms with E-state index in [9.17, 15) is 0 Å². The van der Waals surface area contributed by atoms with Gasteiger partial charge in [-0.2, -0.15) is 0 Å². The van der Waals surface area contributed by atoms with Gasteiger partial charge in [0.2, 0.25) is 0 Å². The lowest BCUT2D eigenvalue weighted by Crippen LogP contribution is -2.26. The summed E-state index contributed by atoms with van der Waals surface area (Å²) in [4.78, 5) is 7.55. The maximum absolute atomic E-state index is 6.27. The molecule has 0 N–H and O–H groups in total. The number of benzene rings is 2. The van der Waals surface area contributed by atoms with Crippen molar-refractivity contribution in [3.05, 3.63) is 47.5 Å². The lowest BCUT2D eigenvalue weighted by atomic mass is 10.2. The van der Waals surface area contributed by atoms with Gasteiger partial charge in [-0.05, 0) is 62.8 Å². The number of fused-ring (bicyclic) bond motifs is 2. The summed E-state index contributed by atoms with van der Waals surface area (Å²) < 4.78 is 0. The Hall–Kier alpha value is -1.16. The fourth-order valence-electron chi connectivity index (χ4n) is 3.19. The zero-order chi connectivity index (χ0) is 16.9. The Kier molecular flexibility index (Phi) is 6.09. The molecule has 2 nitrogen and oxygen atoms in total. The van der Waals surface area contributed by atoms with E-state index in [4.69, 9.17) is 11.6 Å². The summed E-state index contributed by atoms with van der Waals surface area (Å²) in [7, 11) is 0. The summed E-state index contributed by atoms with van der Waals surface area (Å²) >= 11 is 8.10. The van der Waals surface area contributed by atoms with Crippen LogP contribution in [0.15, 0.2) is 52.3 Å². The fraction of sp³-hybridized carbons (Fsp3) is 0.400. The lowest BCUT2D eigenvalue weighted by Gasteiger charge is -2.33. The Morgan fingerprint density at radius 2 is 1.71 bits per heavy atom. The Bertz CT molecular complexity index is 685. The zero-order valence-electron chi connectivity index (χ0n) is 14.5. The van der Waals surface area contributed by atoms with Gasteiger partial charge >= 0.3 is 0 Å². The molecule has 128 valence electrons. The minimum Gasteiger partial charge on any atom is -0.340 e. The highest BCUT2D eigenvalue weighted by Crippen LogP contribution is 2.48. The van der Waals surface area contributed by atoms with E-state index in [1.54, 1.807) is 0 Å². The van der Waals surface area contributed by atoms with Gasteiger partial charge in [0.15, 0.2) is 0 Å². The molecule has 0 aliphatic carbocycles. The number of hydrogen-bond acceptors (Lipinski definition) is 3. The first-order valence-corrected chi connectivity index (χ1v) is 9.98. The van der Waals surface area contributed by atoms with Gasteiger partial charge in [-0.15, -0.1) is 0 Å². The van der Waals surface area contributed by atoms with Gasteiger partial charge in [0.1, 0.15) is 0 Å². The maximum Gasteiger partial charge on any atom is 0.0567 e. The summed E-state index contributed by atoms with van der Waals surface area (Å²) in [6.45, 7) is 8.96. The van der Waals surface area contributed by atoms with Crippen LogP contribution in [0.2, 0.25) is 5.02 Å². The topological polar surface area (TPSA) is 6.48 Å². The van der Waals surface area contributed by atoms with Crippen LogP contribution in [0.5, 0.6) is 0 Å². The molecule has 1 aliphatic rings. The normalized spacial score (nSPS) is 13.1. The number of nitrogens with zero attached hydrogens (tertiary/aromatic N) is 2. The van der Waals surface area contributed by atoms with Crippen molar-refractivity contribution < 1.29 is 0 Å². The molecule has 1 heterocycles. The van der Waals surface area contributed by atoms with Crippen LogP contribution in [-0.4, -0.2) is 31.1 Å². The molecule has 0 spiro atoms. The van der Waals surface area contributed by atoms with E-state index >= 15 is 0 Å². The standard InChI is InChI=1S/C20H25ClN2S/c1-3-22(4-2)13-7-8-14-23-17-9-5-6-10-19(17)24-20-12-11-16(21)15-18(20)23/h5-6,9-12,15H,3-4,7-8,13-14H2,1-2H3. The second-order valence-corrected chi connectivity index (χ2v) is 7.59. The van der Waals surface area contributed by atoms with E-state index in [0.717, 1.165) is 24.7 Å². The number of anilines is 2. The van der Waals surface area contributed by atoms with Gasteiger partial charge in [0.05, 0.1) is 11.4 Å². The molecule has 2 aromatic carbocycles. The average molecular weight is 361 g/mol. The molecule has 2 aromatic rings. The van der Waals surface area contributed by atoms with E-state index in [1.165, 1.54) is 40.6 Å². The van der Waals surface area contributed by atoms with E-state index < -0.39 is 0 Å². The summed E-state index contributed by atoms with van der Waals surface area (Å²) in [5.41, 5.74) is 2.55. The number of halogens is 1. The first kappa shape index (κ1) is 17.7. The average Bonchev–Trinajstić information content (AvgIpc) is 2.61. The largest absolute Gasteiger partial charge is 0.340 e. The van der Waals surface area contributed by atoms with Crippen molar-refractivity contribution in [1.82, 2.24) is 4.90 Å². The van der Waals surface area contributed by atoms with E-state index in [-0.39, 0.29) is 0 Å². The van der Waals surface area contributed by atoms with Crippen LogP contribution in [0.25, 0.3) is 0 Å². The second-order valence-electron chi connectivity index (χ2n) is 6.07. The van der Waals surface area contributed by atoms with Gasteiger partial charge < -0.3 is 9.80 Å². The predicted molar refractivity (Wildman–Crippen MR) is 106 cm³/mol. The number of unbranched alkanes of at least 4 members (excludes halogenated alkanes) is 1. The molecule has 0 atom stereocenters. The second kappa shape index (κ2) is 8.28. The molecule has 24 heavy (non-hydrogen) atoms. The lowest BCUT2D eigenvalue weighted by molar-refractivity contribution is 0.297. The third kappa shape index (κ3) is 3.90. The first-order valence-electron chi connectivity index (χ1n) is 8.79. The highest BCUT2D eigenvalue weighted by Gasteiger charge is 2.22. The van der Waals surface area contributed by atoms with Crippen molar-refractivity contribution in [3.63, 3.8) is 0 Å². The Balaban J connectivity index is 1.75. The van der Waals surface area contributed by atoms with Gasteiger partial charge in [0, 0.05) is 21.4 Å². The van der Waals surface area contributed by atoms with Crippen LogP contribution in [0.3, 0.4) is 0 Å². The molecule has 0 bridgehead atoms. The number of rotatable bonds is 7. The van der Waals surface area contributed by atoms with E-state index in [0.29, 0.717) is 0 Å². The molecule has 0 saturated heterocycles. The molecule has 0 fully saturated rings. The fourth-order valence-corrected chi connectivity index (χ4v) is 4.43. The molecular weight excluding hydrogens is 336 g/mol. The maximum atomic E-state index is 6.27. The molecule has 0 saturated carbocycles. The van der Waals surface area contributed by atoms with Crippen LogP contribution in [0, 0.1) is 0 Å². The van der Waals surface area contributed by atoms with Gasteiger partial charge in [0.25, 0.3) is 0 Å². The molecule has 1 aliphatic heterocycles. The van der Waals surface area contributed by atoms with Gasteiger partial charge in [-0.1, -0.05) is 49.3 Å². The minimum absolute atomic E-state index is 0.807. The van der Waals surface area contributed by atoms with Crippen molar-refractivity contribution in [2.75, 3.05) is 31.1 Å². The summed E-state index contributed by atoms with van der Waals surface area (Å²) in [5, 5.41) is 0.807. The van der Waals surface area contributed by atoms with Gasteiger partial charge in [-0.25, -0.2) is 0 Å². The van der Waals surface area contributed by atoms with E-state index in [1.807, 2.05) is 17.8 Å². The van der Waals surface area contributed by atoms with Crippen molar-refractivity contribution in [2.24, 2.45) is 0 Å². The third-order valence-corrected chi connectivity index (χ3v) is 5.95. The summed E-state index contributed by atoms with van der Waals surface area (Å²) in [6, 6.07) is 14.9. The van der Waals surface area contributed by atoms with Gasteiger partial charge in [-0.3, -0.25) is 0 Å². The molecule has 0 unspecified atom stereocenters. The van der Waals surface area contributed by atoms with Crippen molar-refractivity contribution in [1.29, 1.82) is 0 Å². The monoisotopic (exact) mass is 360 g/mol. The Morgan fingerprint density at radius 1 is 0.958 bits per heavy atom. The molecule has 3 rings (SSSR count). The predicted octanol–water partition coefficient (Wildman–Crippen LogP) is 6.06.